The maximum atomic E-state index is 11.8. The minimum atomic E-state index is -0.299. The van der Waals surface area contributed by atoms with E-state index in [1.165, 1.54) is 18.2 Å². The Labute approximate surface area is 186 Å². The topological polar surface area (TPSA) is 67.3 Å². The average Bonchev–Trinajstić information content (AvgIpc) is 3.63. The molecule has 1 aliphatic carbocycles. The van der Waals surface area contributed by atoms with E-state index in [9.17, 15) is 4.79 Å². The highest BCUT2D eigenvalue weighted by molar-refractivity contribution is 6.30. The monoisotopic (exact) mass is 434 g/mol. The molecule has 7 heteroatoms. The van der Waals surface area contributed by atoms with Gasteiger partial charge in [0.25, 0.3) is 0 Å². The molecule has 1 aliphatic heterocycles. The van der Waals surface area contributed by atoms with Crippen molar-refractivity contribution < 1.29 is 9.53 Å². The molecule has 2 heterocycles. The number of carbonyl (C=O) groups is 1. The van der Waals surface area contributed by atoms with Crippen molar-refractivity contribution in [3.63, 3.8) is 0 Å². The molecule has 0 amide bonds. The number of halogens is 1. The van der Waals surface area contributed by atoms with Gasteiger partial charge in [-0.1, -0.05) is 23.7 Å². The summed E-state index contributed by atoms with van der Waals surface area (Å²) in [5.74, 6) is 2.74. The Hall–Kier alpha value is -3.12. The normalized spacial score (nSPS) is 15.4. The number of rotatable bonds is 5. The third-order valence-electron chi connectivity index (χ3n) is 5.73. The van der Waals surface area contributed by atoms with Crippen molar-refractivity contribution in [3.05, 3.63) is 76.1 Å². The number of ether oxygens (including phenoxy) is 1. The van der Waals surface area contributed by atoms with Crippen molar-refractivity contribution in [3.8, 4) is 0 Å². The van der Waals surface area contributed by atoms with Gasteiger partial charge < -0.3 is 15.0 Å². The van der Waals surface area contributed by atoms with Crippen LogP contribution >= 0.6 is 11.6 Å². The Morgan fingerprint density at radius 3 is 2.77 bits per heavy atom. The van der Waals surface area contributed by atoms with E-state index >= 15 is 0 Å². The van der Waals surface area contributed by atoms with E-state index in [-0.39, 0.29) is 5.97 Å². The first-order chi connectivity index (χ1) is 15.1. The SMILES string of the molecule is COC(=O)c1ccc2c(c1)CCN(c1cc(Nc3cccc(Cl)c3)nc(C3CC3)n1)C2. The van der Waals surface area contributed by atoms with Crippen molar-refractivity contribution in [2.45, 2.75) is 31.7 Å². The van der Waals surface area contributed by atoms with Crippen LogP contribution in [-0.4, -0.2) is 29.6 Å². The minimum Gasteiger partial charge on any atom is -0.465 e. The van der Waals surface area contributed by atoms with Gasteiger partial charge in [-0.05, 0) is 60.7 Å². The second-order valence-corrected chi connectivity index (χ2v) is 8.46. The predicted octanol–water partition coefficient (Wildman–Crippen LogP) is 5.10. The van der Waals surface area contributed by atoms with Crippen LogP contribution in [0, 0.1) is 0 Å². The number of aromatic nitrogens is 2. The van der Waals surface area contributed by atoms with E-state index in [0.717, 1.165) is 55.5 Å². The number of fused-ring (bicyclic) bond motifs is 1. The molecule has 6 nitrogen and oxygen atoms in total. The number of hydrogen-bond donors (Lipinski definition) is 1. The summed E-state index contributed by atoms with van der Waals surface area (Å²) in [6.45, 7) is 1.57. The van der Waals surface area contributed by atoms with Gasteiger partial charge in [-0.25, -0.2) is 14.8 Å². The molecule has 0 bridgehead atoms. The first-order valence-corrected chi connectivity index (χ1v) is 10.8. The molecule has 5 rings (SSSR count). The standard InChI is InChI=1S/C24H23ClN4O2/c1-31-24(30)17-7-8-18-14-29(10-9-16(18)11-17)22-13-21(27-23(28-22)15-5-6-15)26-20-4-2-3-19(25)12-20/h2-4,7-8,11-13,15H,5-6,9-10,14H2,1H3,(H,26,27,28). The lowest BCUT2D eigenvalue weighted by atomic mass is 9.97. The molecule has 0 saturated heterocycles. The van der Waals surface area contributed by atoms with Gasteiger partial charge in [-0.15, -0.1) is 0 Å². The maximum Gasteiger partial charge on any atom is 0.337 e. The zero-order chi connectivity index (χ0) is 21.4. The van der Waals surface area contributed by atoms with Gasteiger partial charge in [0.1, 0.15) is 17.5 Å². The van der Waals surface area contributed by atoms with E-state index in [2.05, 4.69) is 10.2 Å². The van der Waals surface area contributed by atoms with Crippen LogP contribution in [0.5, 0.6) is 0 Å². The summed E-state index contributed by atoms with van der Waals surface area (Å²) in [4.78, 5) is 23.8. The first kappa shape index (κ1) is 19.8. The van der Waals surface area contributed by atoms with E-state index in [1.54, 1.807) is 0 Å². The summed E-state index contributed by atoms with van der Waals surface area (Å²) in [6, 6.07) is 15.4. The van der Waals surface area contributed by atoms with Crippen LogP contribution in [0.25, 0.3) is 0 Å². The summed E-state index contributed by atoms with van der Waals surface area (Å²) in [7, 11) is 1.41. The number of hydrogen-bond acceptors (Lipinski definition) is 6. The zero-order valence-corrected chi connectivity index (χ0v) is 18.0. The van der Waals surface area contributed by atoms with E-state index < -0.39 is 0 Å². The molecular weight excluding hydrogens is 412 g/mol. The van der Waals surface area contributed by atoms with Crippen molar-refractivity contribution in [1.82, 2.24) is 9.97 Å². The molecule has 1 fully saturated rings. The second-order valence-electron chi connectivity index (χ2n) is 8.03. The number of anilines is 3. The zero-order valence-electron chi connectivity index (χ0n) is 17.3. The summed E-state index contributed by atoms with van der Waals surface area (Å²) in [5.41, 5.74) is 3.89. The van der Waals surface area contributed by atoms with Crippen LogP contribution in [0.3, 0.4) is 0 Å². The van der Waals surface area contributed by atoms with Crippen molar-refractivity contribution in [2.75, 3.05) is 23.9 Å². The van der Waals surface area contributed by atoms with E-state index in [0.29, 0.717) is 16.5 Å². The number of nitrogens with one attached hydrogen (secondary N) is 1. The summed E-state index contributed by atoms with van der Waals surface area (Å²) < 4.78 is 4.85. The van der Waals surface area contributed by atoms with E-state index in [4.69, 9.17) is 26.3 Å². The Bertz CT molecular complexity index is 1150. The average molecular weight is 435 g/mol. The Kier molecular flexibility index (Phi) is 5.24. The molecule has 0 atom stereocenters. The quantitative estimate of drug-likeness (QED) is 0.563. The van der Waals surface area contributed by atoms with Gasteiger partial charge in [0.15, 0.2) is 0 Å². The number of carbonyl (C=O) groups excluding carboxylic acids is 1. The number of nitrogens with zero attached hydrogens (tertiary/aromatic N) is 3. The van der Waals surface area contributed by atoms with Crippen LogP contribution in [0.15, 0.2) is 48.5 Å². The fourth-order valence-corrected chi connectivity index (χ4v) is 4.10. The van der Waals surface area contributed by atoms with Gasteiger partial charge in [0.2, 0.25) is 0 Å². The molecule has 3 aromatic rings. The molecule has 1 N–H and O–H groups in total. The van der Waals surface area contributed by atoms with Crippen molar-refractivity contribution in [1.29, 1.82) is 0 Å². The van der Waals surface area contributed by atoms with Crippen LogP contribution in [0.4, 0.5) is 17.3 Å². The number of esters is 1. The highest BCUT2D eigenvalue weighted by Gasteiger charge is 2.29. The molecule has 158 valence electrons. The highest BCUT2D eigenvalue weighted by atomic mass is 35.5. The van der Waals surface area contributed by atoms with Crippen LogP contribution in [0.2, 0.25) is 5.02 Å². The molecule has 2 aromatic carbocycles. The molecular formula is C24H23ClN4O2. The molecule has 0 unspecified atom stereocenters. The lowest BCUT2D eigenvalue weighted by molar-refractivity contribution is 0.0600. The van der Waals surface area contributed by atoms with Crippen LogP contribution < -0.4 is 10.2 Å². The summed E-state index contributed by atoms with van der Waals surface area (Å²) in [5, 5.41) is 4.06. The van der Waals surface area contributed by atoms with Gasteiger partial charge in [-0.2, -0.15) is 0 Å². The Morgan fingerprint density at radius 2 is 2.00 bits per heavy atom. The highest BCUT2D eigenvalue weighted by Crippen LogP contribution is 2.39. The van der Waals surface area contributed by atoms with Crippen molar-refractivity contribution in [2.24, 2.45) is 0 Å². The molecule has 1 aromatic heterocycles. The summed E-state index contributed by atoms with van der Waals surface area (Å²) >= 11 is 6.13. The van der Waals surface area contributed by atoms with Crippen molar-refractivity contribution >= 4 is 34.9 Å². The molecule has 0 radical (unpaired) electrons. The van der Waals surface area contributed by atoms with Crippen LogP contribution in [0.1, 0.15) is 46.1 Å². The summed E-state index contributed by atoms with van der Waals surface area (Å²) in [6.07, 6.45) is 3.12. The van der Waals surface area contributed by atoms with Gasteiger partial charge in [0.05, 0.1) is 12.7 Å². The Balaban J connectivity index is 1.42. The van der Waals surface area contributed by atoms with Gasteiger partial charge in [-0.3, -0.25) is 0 Å². The molecule has 2 aliphatic rings. The van der Waals surface area contributed by atoms with Gasteiger partial charge >= 0.3 is 5.97 Å². The second kappa shape index (κ2) is 8.19. The maximum absolute atomic E-state index is 11.8. The van der Waals surface area contributed by atoms with Gasteiger partial charge in [0, 0.05) is 35.8 Å². The minimum absolute atomic E-state index is 0.299. The number of methoxy groups -OCH3 is 1. The lowest BCUT2D eigenvalue weighted by Crippen LogP contribution is -2.31. The third kappa shape index (κ3) is 4.35. The lowest BCUT2D eigenvalue weighted by Gasteiger charge is -2.30. The first-order valence-electron chi connectivity index (χ1n) is 10.5. The Morgan fingerprint density at radius 1 is 1.13 bits per heavy atom. The van der Waals surface area contributed by atoms with E-state index in [1.807, 2.05) is 48.5 Å². The predicted molar refractivity (Wildman–Crippen MR) is 121 cm³/mol. The number of benzene rings is 2. The third-order valence-corrected chi connectivity index (χ3v) is 5.97. The largest absolute Gasteiger partial charge is 0.465 e. The smallest absolute Gasteiger partial charge is 0.337 e. The molecule has 1 saturated carbocycles. The molecule has 31 heavy (non-hydrogen) atoms. The fraction of sp³-hybridized carbons (Fsp3) is 0.292. The van der Waals surface area contributed by atoms with Crippen LogP contribution in [-0.2, 0) is 17.7 Å². The molecule has 0 spiro atoms. The fourth-order valence-electron chi connectivity index (χ4n) is 3.91.